The van der Waals surface area contributed by atoms with Crippen molar-refractivity contribution in [3.63, 3.8) is 0 Å². The molecule has 2 aromatic carbocycles. The fourth-order valence-corrected chi connectivity index (χ4v) is 3.51. The van der Waals surface area contributed by atoms with Gasteiger partial charge in [0.1, 0.15) is 0 Å². The number of aromatic nitrogens is 1. The van der Waals surface area contributed by atoms with E-state index in [1.54, 1.807) is 38.1 Å². The average molecular weight is 421 g/mol. The molecule has 0 bridgehead atoms. The van der Waals surface area contributed by atoms with Gasteiger partial charge in [0.25, 0.3) is 10.0 Å². The van der Waals surface area contributed by atoms with Gasteiger partial charge >= 0.3 is 6.03 Å². The number of hydrogen-bond donors (Lipinski definition) is 3. The zero-order chi connectivity index (χ0) is 20.3. The average Bonchev–Trinajstić information content (AvgIpc) is 2.94. The van der Waals surface area contributed by atoms with Crippen LogP contribution in [0.1, 0.15) is 11.3 Å². The third kappa shape index (κ3) is 4.62. The lowest BCUT2D eigenvalue weighted by molar-refractivity contribution is 0.262. The molecule has 0 radical (unpaired) electrons. The summed E-state index contributed by atoms with van der Waals surface area (Å²) in [5, 5.41) is 9.46. The van der Waals surface area contributed by atoms with Gasteiger partial charge in [-0.3, -0.25) is 0 Å². The number of aryl methyl sites for hydroxylation is 1. The van der Waals surface area contributed by atoms with Crippen LogP contribution < -0.4 is 15.4 Å². The zero-order valence-electron chi connectivity index (χ0n) is 15.0. The van der Waals surface area contributed by atoms with Crippen LogP contribution in [0.5, 0.6) is 0 Å². The molecule has 0 atom stereocenters. The Labute approximate surface area is 166 Å². The molecule has 0 unspecified atom stereocenters. The van der Waals surface area contributed by atoms with Gasteiger partial charge in [0.15, 0.2) is 0 Å². The van der Waals surface area contributed by atoms with Crippen LogP contribution in [0.3, 0.4) is 0 Å². The van der Waals surface area contributed by atoms with E-state index >= 15 is 0 Å². The Hall–Kier alpha value is -3.04. The highest BCUT2D eigenvalue weighted by molar-refractivity contribution is 7.92. The first-order valence-corrected chi connectivity index (χ1v) is 10.00. The van der Waals surface area contributed by atoms with E-state index in [2.05, 4.69) is 20.5 Å². The normalized spacial score (nSPS) is 11.1. The first kappa shape index (κ1) is 19.7. The van der Waals surface area contributed by atoms with Gasteiger partial charge in [-0.05, 0) is 56.3 Å². The zero-order valence-corrected chi connectivity index (χ0v) is 16.6. The number of amides is 2. The highest BCUT2D eigenvalue weighted by Crippen LogP contribution is 2.23. The number of carbonyl (C=O) groups is 1. The summed E-state index contributed by atoms with van der Waals surface area (Å²) >= 11 is 5.87. The van der Waals surface area contributed by atoms with Gasteiger partial charge in [-0.15, -0.1) is 0 Å². The Morgan fingerprint density at radius 2 is 1.71 bits per heavy atom. The van der Waals surface area contributed by atoms with Crippen LogP contribution in [-0.2, 0) is 10.0 Å². The summed E-state index contributed by atoms with van der Waals surface area (Å²) in [4.78, 5) is 12.1. The molecule has 0 aliphatic carbocycles. The number of sulfonamides is 1. The number of nitrogens with zero attached hydrogens (tertiary/aromatic N) is 1. The van der Waals surface area contributed by atoms with E-state index in [0.29, 0.717) is 27.7 Å². The smallest absolute Gasteiger partial charge is 0.323 e. The topological polar surface area (TPSA) is 113 Å². The monoisotopic (exact) mass is 420 g/mol. The third-order valence-electron chi connectivity index (χ3n) is 3.89. The molecule has 3 N–H and O–H groups in total. The molecule has 3 aromatic rings. The first-order chi connectivity index (χ1) is 13.2. The predicted octanol–water partition coefficient (Wildman–Crippen LogP) is 4.39. The lowest BCUT2D eigenvalue weighted by Gasteiger charge is -2.09. The third-order valence-corrected chi connectivity index (χ3v) is 5.47. The second-order valence-electron chi connectivity index (χ2n) is 5.94. The maximum Gasteiger partial charge on any atom is 0.323 e. The summed E-state index contributed by atoms with van der Waals surface area (Å²) in [6.45, 7) is 3.42. The van der Waals surface area contributed by atoms with Crippen LogP contribution in [0.4, 0.5) is 22.1 Å². The summed E-state index contributed by atoms with van der Waals surface area (Å²) in [5.74, 6) is 0.0700. The van der Waals surface area contributed by atoms with Crippen molar-refractivity contribution in [2.24, 2.45) is 0 Å². The summed E-state index contributed by atoms with van der Waals surface area (Å²) in [6.07, 6.45) is 0. The van der Waals surface area contributed by atoms with Crippen molar-refractivity contribution < 1.29 is 17.7 Å². The van der Waals surface area contributed by atoms with Crippen LogP contribution in [0.2, 0.25) is 5.02 Å². The van der Waals surface area contributed by atoms with Gasteiger partial charge in [-0.25, -0.2) is 17.9 Å². The second kappa shape index (κ2) is 7.91. The number of carbonyl (C=O) groups excluding carboxylic acids is 1. The van der Waals surface area contributed by atoms with Crippen molar-refractivity contribution >= 4 is 44.9 Å². The minimum Gasteiger partial charge on any atom is -0.337 e. The van der Waals surface area contributed by atoms with Crippen LogP contribution in [0.25, 0.3) is 0 Å². The Bertz CT molecular complexity index is 1110. The Morgan fingerprint density at radius 1 is 1.04 bits per heavy atom. The number of anilines is 3. The van der Waals surface area contributed by atoms with Crippen LogP contribution in [0, 0.1) is 13.8 Å². The van der Waals surface area contributed by atoms with Crippen molar-refractivity contribution in [1.29, 1.82) is 0 Å². The van der Waals surface area contributed by atoms with Crippen LogP contribution in [0.15, 0.2) is 57.9 Å². The van der Waals surface area contributed by atoms with Crippen molar-refractivity contribution in [3.05, 3.63) is 64.8 Å². The quantitative estimate of drug-likeness (QED) is 0.566. The highest BCUT2D eigenvalue weighted by Gasteiger charge is 2.19. The number of rotatable bonds is 5. The second-order valence-corrected chi connectivity index (χ2v) is 8.06. The van der Waals surface area contributed by atoms with E-state index in [4.69, 9.17) is 16.1 Å². The van der Waals surface area contributed by atoms with Gasteiger partial charge in [0, 0.05) is 22.0 Å². The van der Waals surface area contributed by atoms with Gasteiger partial charge < -0.3 is 15.2 Å². The van der Waals surface area contributed by atoms with Gasteiger partial charge in [0.05, 0.1) is 10.6 Å². The van der Waals surface area contributed by atoms with E-state index in [1.165, 1.54) is 24.3 Å². The van der Waals surface area contributed by atoms with E-state index < -0.39 is 16.1 Å². The van der Waals surface area contributed by atoms with Crippen molar-refractivity contribution in [2.75, 3.05) is 15.4 Å². The minimum atomic E-state index is -3.85. The summed E-state index contributed by atoms with van der Waals surface area (Å²) < 4.78 is 32.2. The molecule has 1 aromatic heterocycles. The van der Waals surface area contributed by atoms with Crippen molar-refractivity contribution in [1.82, 2.24) is 5.16 Å². The molecule has 10 heteroatoms. The summed E-state index contributed by atoms with van der Waals surface area (Å²) in [7, 11) is -3.85. The number of nitrogens with one attached hydrogen (secondary N) is 3. The lowest BCUT2D eigenvalue weighted by Crippen LogP contribution is -2.19. The lowest BCUT2D eigenvalue weighted by atomic mass is 10.3. The molecule has 2 amide bonds. The molecule has 0 saturated carbocycles. The fraction of sp³-hybridized carbons (Fsp3) is 0.111. The minimum absolute atomic E-state index is 0.0155. The molecular formula is C18H17ClN4O4S. The van der Waals surface area contributed by atoms with Gasteiger partial charge in [-0.1, -0.05) is 22.8 Å². The molecule has 0 aliphatic heterocycles. The largest absolute Gasteiger partial charge is 0.337 e. The molecular weight excluding hydrogens is 404 g/mol. The van der Waals surface area contributed by atoms with E-state index in [0.717, 1.165) is 0 Å². The molecule has 0 aliphatic rings. The molecule has 0 spiro atoms. The van der Waals surface area contributed by atoms with Gasteiger partial charge in [0.2, 0.25) is 5.88 Å². The Kier molecular flexibility index (Phi) is 5.57. The van der Waals surface area contributed by atoms with Crippen LogP contribution in [-0.4, -0.2) is 19.6 Å². The number of urea groups is 1. The molecule has 8 nitrogen and oxygen atoms in total. The molecule has 1 heterocycles. The molecule has 3 rings (SSSR count). The SMILES string of the molecule is Cc1noc(NS(=O)(=O)c2ccc(NC(=O)Nc3cccc(Cl)c3)cc2)c1C. The first-order valence-electron chi connectivity index (χ1n) is 8.14. The van der Waals surface area contributed by atoms with E-state index in [1.807, 2.05) is 0 Å². The van der Waals surface area contributed by atoms with E-state index in [-0.39, 0.29) is 10.8 Å². The Balaban J connectivity index is 1.67. The molecule has 146 valence electrons. The maximum absolute atomic E-state index is 12.5. The standard InChI is InChI=1S/C18H17ClN4O4S/c1-11-12(2)22-27-17(11)23-28(25,26)16-8-6-14(7-9-16)20-18(24)21-15-5-3-4-13(19)10-15/h3-10,23H,1-2H3,(H2,20,21,24). The molecule has 28 heavy (non-hydrogen) atoms. The summed E-state index contributed by atoms with van der Waals surface area (Å²) in [6, 6.07) is 11.9. The molecule has 0 saturated heterocycles. The predicted molar refractivity (Wildman–Crippen MR) is 107 cm³/mol. The van der Waals surface area contributed by atoms with Crippen LogP contribution >= 0.6 is 11.6 Å². The van der Waals surface area contributed by atoms with Crippen molar-refractivity contribution in [3.8, 4) is 0 Å². The van der Waals surface area contributed by atoms with E-state index in [9.17, 15) is 13.2 Å². The van der Waals surface area contributed by atoms with Gasteiger partial charge in [-0.2, -0.15) is 0 Å². The fourth-order valence-electron chi connectivity index (χ4n) is 2.27. The number of benzene rings is 2. The Morgan fingerprint density at radius 3 is 2.32 bits per heavy atom. The van der Waals surface area contributed by atoms with Crippen molar-refractivity contribution in [2.45, 2.75) is 18.7 Å². The molecule has 0 fully saturated rings. The maximum atomic E-state index is 12.5. The number of hydrogen-bond acceptors (Lipinski definition) is 5. The highest BCUT2D eigenvalue weighted by atomic mass is 35.5. The number of halogens is 1. The summed E-state index contributed by atoms with van der Waals surface area (Å²) in [5.41, 5.74) is 2.17.